The molecule has 1 aliphatic rings. The lowest BCUT2D eigenvalue weighted by molar-refractivity contribution is -0.0149. The van der Waals surface area contributed by atoms with Crippen LogP contribution < -0.4 is 4.74 Å². The van der Waals surface area contributed by atoms with E-state index in [0.29, 0.717) is 12.6 Å². The number of aryl methyl sites for hydroxylation is 1. The zero-order valence-electron chi connectivity index (χ0n) is 13.3. The topological polar surface area (TPSA) is 47.5 Å². The predicted octanol–water partition coefficient (Wildman–Crippen LogP) is 2.19. The summed E-state index contributed by atoms with van der Waals surface area (Å²) >= 11 is 0. The first-order valence-corrected chi connectivity index (χ1v) is 8.16. The Morgan fingerprint density at radius 1 is 1.22 bits per heavy atom. The van der Waals surface area contributed by atoms with Crippen LogP contribution in [0.5, 0.6) is 5.75 Å². The number of morpholine rings is 1. The van der Waals surface area contributed by atoms with Crippen LogP contribution >= 0.6 is 0 Å². The fourth-order valence-corrected chi connectivity index (χ4v) is 2.82. The van der Waals surface area contributed by atoms with Gasteiger partial charge in [-0.1, -0.05) is 18.2 Å². The molecule has 1 aromatic carbocycles. The Labute approximate surface area is 137 Å². The Hall–Kier alpha value is -1.98. The third-order valence-electron chi connectivity index (χ3n) is 4.09. The first-order valence-electron chi connectivity index (χ1n) is 8.16. The van der Waals surface area contributed by atoms with E-state index in [2.05, 4.69) is 14.9 Å². The molecule has 0 spiro atoms. The zero-order chi connectivity index (χ0) is 15.7. The first-order chi connectivity index (χ1) is 11.4. The van der Waals surface area contributed by atoms with E-state index in [1.165, 1.54) is 0 Å². The molecule has 1 aromatic heterocycles. The average Bonchev–Trinajstić information content (AvgIpc) is 2.63. The lowest BCUT2D eigenvalue weighted by Crippen LogP contribution is -2.47. The lowest BCUT2D eigenvalue weighted by Gasteiger charge is -2.35. The second-order valence-corrected chi connectivity index (χ2v) is 5.66. The number of benzene rings is 1. The molecule has 122 valence electrons. The smallest absolute Gasteiger partial charge is 0.119 e. The van der Waals surface area contributed by atoms with E-state index < -0.39 is 0 Å². The van der Waals surface area contributed by atoms with E-state index in [4.69, 9.17) is 9.47 Å². The summed E-state index contributed by atoms with van der Waals surface area (Å²) in [5, 5.41) is 0. The minimum absolute atomic E-state index is 0.421. The largest absolute Gasteiger partial charge is 0.492 e. The molecule has 5 nitrogen and oxygen atoms in total. The quantitative estimate of drug-likeness (QED) is 0.784. The highest BCUT2D eigenvalue weighted by Gasteiger charge is 2.22. The minimum atomic E-state index is 0.421. The molecule has 23 heavy (non-hydrogen) atoms. The van der Waals surface area contributed by atoms with Gasteiger partial charge in [-0.05, 0) is 25.0 Å². The van der Waals surface area contributed by atoms with Gasteiger partial charge in [-0.25, -0.2) is 0 Å². The maximum atomic E-state index is 5.82. The van der Waals surface area contributed by atoms with Crippen LogP contribution in [0.25, 0.3) is 0 Å². The molecule has 0 aliphatic carbocycles. The Bertz CT molecular complexity index is 565. The van der Waals surface area contributed by atoms with Crippen molar-refractivity contribution in [1.82, 2.24) is 14.9 Å². The van der Waals surface area contributed by atoms with Crippen molar-refractivity contribution in [3.05, 3.63) is 54.6 Å². The Balaban J connectivity index is 1.46. The van der Waals surface area contributed by atoms with Crippen molar-refractivity contribution in [2.24, 2.45) is 0 Å². The number of rotatable bonds is 7. The number of nitrogens with zero attached hydrogens (tertiary/aromatic N) is 3. The number of hydrogen-bond acceptors (Lipinski definition) is 5. The highest BCUT2D eigenvalue weighted by Crippen LogP contribution is 2.14. The van der Waals surface area contributed by atoms with Gasteiger partial charge in [0.2, 0.25) is 0 Å². The van der Waals surface area contributed by atoms with Crippen LogP contribution in [0.3, 0.4) is 0 Å². The van der Waals surface area contributed by atoms with Crippen LogP contribution in [-0.2, 0) is 11.2 Å². The molecule has 0 amide bonds. The van der Waals surface area contributed by atoms with Gasteiger partial charge in [0.25, 0.3) is 0 Å². The van der Waals surface area contributed by atoms with E-state index in [1.807, 2.05) is 36.5 Å². The van der Waals surface area contributed by atoms with Gasteiger partial charge < -0.3 is 9.47 Å². The standard InChI is InChI=1S/C18H23N3O2/c1-2-4-18(5-3-1)23-13-11-21-10-12-22-15-17(21)7-6-16-14-19-8-9-20-16/h1-5,8-9,14,17H,6-7,10-13,15H2. The molecule has 0 N–H and O–H groups in total. The van der Waals surface area contributed by atoms with Gasteiger partial charge in [-0.2, -0.15) is 0 Å². The average molecular weight is 313 g/mol. The zero-order valence-corrected chi connectivity index (χ0v) is 13.3. The second-order valence-electron chi connectivity index (χ2n) is 5.66. The summed E-state index contributed by atoms with van der Waals surface area (Å²) in [5.74, 6) is 0.928. The van der Waals surface area contributed by atoms with Crippen molar-refractivity contribution in [2.45, 2.75) is 18.9 Å². The fourth-order valence-electron chi connectivity index (χ4n) is 2.82. The molecule has 1 unspecified atom stereocenters. The molecule has 1 saturated heterocycles. The maximum absolute atomic E-state index is 5.82. The molecular weight excluding hydrogens is 290 g/mol. The molecule has 2 heterocycles. The first kappa shape index (κ1) is 15.9. The highest BCUT2D eigenvalue weighted by molar-refractivity contribution is 5.20. The van der Waals surface area contributed by atoms with E-state index in [1.54, 1.807) is 12.4 Å². The van der Waals surface area contributed by atoms with Gasteiger partial charge in [-0.15, -0.1) is 0 Å². The van der Waals surface area contributed by atoms with Crippen molar-refractivity contribution in [3.63, 3.8) is 0 Å². The molecule has 1 fully saturated rings. The summed E-state index contributed by atoms with van der Waals surface area (Å²) in [7, 11) is 0. The number of ether oxygens (including phenoxy) is 2. The van der Waals surface area contributed by atoms with E-state index in [-0.39, 0.29) is 0 Å². The van der Waals surface area contributed by atoms with Gasteiger partial charge >= 0.3 is 0 Å². The van der Waals surface area contributed by atoms with E-state index >= 15 is 0 Å². The monoisotopic (exact) mass is 313 g/mol. The summed E-state index contributed by atoms with van der Waals surface area (Å²) in [4.78, 5) is 10.9. The van der Waals surface area contributed by atoms with Crippen molar-refractivity contribution < 1.29 is 9.47 Å². The van der Waals surface area contributed by atoms with Gasteiger partial charge in [0.05, 0.1) is 18.9 Å². The number of para-hydroxylation sites is 1. The molecule has 1 aliphatic heterocycles. The van der Waals surface area contributed by atoms with E-state index in [0.717, 1.165) is 50.6 Å². The Kier molecular flexibility index (Phi) is 5.94. The predicted molar refractivity (Wildman–Crippen MR) is 88.5 cm³/mol. The summed E-state index contributed by atoms with van der Waals surface area (Å²) < 4.78 is 11.5. The normalized spacial score (nSPS) is 18.7. The lowest BCUT2D eigenvalue weighted by atomic mass is 10.1. The summed E-state index contributed by atoms with van der Waals surface area (Å²) in [6.07, 6.45) is 7.26. The highest BCUT2D eigenvalue weighted by atomic mass is 16.5. The summed E-state index contributed by atoms with van der Waals surface area (Å²) in [5.41, 5.74) is 1.04. The number of aromatic nitrogens is 2. The summed E-state index contributed by atoms with van der Waals surface area (Å²) in [6, 6.07) is 10.4. The van der Waals surface area contributed by atoms with Crippen LogP contribution in [0.4, 0.5) is 0 Å². The van der Waals surface area contributed by atoms with Gasteiger partial charge in [0.15, 0.2) is 0 Å². The van der Waals surface area contributed by atoms with Crippen molar-refractivity contribution >= 4 is 0 Å². The van der Waals surface area contributed by atoms with Gasteiger partial charge in [-0.3, -0.25) is 14.9 Å². The van der Waals surface area contributed by atoms with Crippen molar-refractivity contribution in [2.75, 3.05) is 32.9 Å². The molecule has 0 radical (unpaired) electrons. The van der Waals surface area contributed by atoms with Crippen LogP contribution in [0, 0.1) is 0 Å². The van der Waals surface area contributed by atoms with Crippen LogP contribution in [0.15, 0.2) is 48.9 Å². The SMILES string of the molecule is c1ccc(OCCN2CCOCC2CCc2cnccn2)cc1. The second kappa shape index (κ2) is 8.60. The number of hydrogen-bond donors (Lipinski definition) is 0. The molecule has 1 atom stereocenters. The maximum Gasteiger partial charge on any atom is 0.119 e. The third kappa shape index (κ3) is 5.01. The molecule has 0 bridgehead atoms. The van der Waals surface area contributed by atoms with Crippen molar-refractivity contribution in [3.8, 4) is 5.75 Å². The molecule has 3 rings (SSSR count). The minimum Gasteiger partial charge on any atom is -0.492 e. The molecular formula is C18H23N3O2. The van der Waals surface area contributed by atoms with Gasteiger partial charge in [0.1, 0.15) is 12.4 Å². The van der Waals surface area contributed by atoms with Crippen LogP contribution in [0.2, 0.25) is 0 Å². The van der Waals surface area contributed by atoms with Crippen LogP contribution in [-0.4, -0.2) is 53.8 Å². The third-order valence-corrected chi connectivity index (χ3v) is 4.09. The van der Waals surface area contributed by atoms with E-state index in [9.17, 15) is 0 Å². The molecule has 0 saturated carbocycles. The van der Waals surface area contributed by atoms with Gasteiger partial charge in [0, 0.05) is 37.7 Å². The summed E-state index contributed by atoms with van der Waals surface area (Å²) in [6.45, 7) is 4.16. The Morgan fingerprint density at radius 2 is 2.13 bits per heavy atom. The van der Waals surface area contributed by atoms with Crippen molar-refractivity contribution in [1.29, 1.82) is 0 Å². The fraction of sp³-hybridized carbons (Fsp3) is 0.444. The molecule has 2 aromatic rings. The van der Waals surface area contributed by atoms with Crippen LogP contribution in [0.1, 0.15) is 12.1 Å². The Morgan fingerprint density at radius 3 is 2.96 bits per heavy atom. The molecule has 5 heteroatoms.